The molecule has 0 aromatic heterocycles. The molecule has 3 heteroatoms. The minimum absolute atomic E-state index is 0.330. The van der Waals surface area contributed by atoms with Crippen LogP contribution in [-0.4, -0.2) is 35.1 Å². The lowest BCUT2D eigenvalue weighted by Gasteiger charge is -2.36. The molecule has 3 nitrogen and oxygen atoms in total. The van der Waals surface area contributed by atoms with Crippen molar-refractivity contribution in [3.63, 3.8) is 0 Å². The molecule has 1 atom stereocenters. The Labute approximate surface area is 114 Å². The number of fused-ring (bicyclic) bond motifs is 1. The molecule has 0 saturated carbocycles. The van der Waals surface area contributed by atoms with E-state index in [9.17, 15) is 4.79 Å². The van der Waals surface area contributed by atoms with E-state index in [1.807, 2.05) is 0 Å². The fourth-order valence-corrected chi connectivity index (χ4v) is 3.64. The molecular weight excluding hydrogens is 238 g/mol. The molecule has 2 aliphatic rings. The maximum absolute atomic E-state index is 10.9. The molecule has 3 rings (SSSR count). The third-order valence-corrected chi connectivity index (χ3v) is 4.56. The van der Waals surface area contributed by atoms with Crippen molar-refractivity contribution in [1.29, 1.82) is 0 Å². The fraction of sp³-hybridized carbons (Fsp3) is 0.562. The predicted molar refractivity (Wildman–Crippen MR) is 74.2 cm³/mol. The number of hydrogen-bond acceptors (Lipinski definition) is 2. The summed E-state index contributed by atoms with van der Waals surface area (Å²) >= 11 is 0. The molecule has 1 saturated heterocycles. The molecule has 0 spiro atoms. The zero-order valence-electron chi connectivity index (χ0n) is 11.2. The van der Waals surface area contributed by atoms with Crippen molar-refractivity contribution in [3.8, 4) is 0 Å². The summed E-state index contributed by atoms with van der Waals surface area (Å²) in [5.74, 6) is -0.309. The van der Waals surface area contributed by atoms with Crippen LogP contribution in [0.5, 0.6) is 0 Å². The number of benzene rings is 1. The molecule has 1 aromatic rings. The van der Waals surface area contributed by atoms with Gasteiger partial charge in [-0.15, -0.1) is 0 Å². The lowest BCUT2D eigenvalue weighted by molar-refractivity contribution is -0.138. The smallest absolute Gasteiger partial charge is 0.303 e. The van der Waals surface area contributed by atoms with Crippen molar-refractivity contribution < 1.29 is 9.90 Å². The SMILES string of the molecule is O=C(O)CC1CCCN(C2Cc3ccccc3C2)C1. The van der Waals surface area contributed by atoms with Gasteiger partial charge >= 0.3 is 5.97 Å². The van der Waals surface area contributed by atoms with Gasteiger partial charge in [0.15, 0.2) is 0 Å². The standard InChI is InChI=1S/C16H21NO2/c18-16(19)8-12-4-3-7-17(11-12)15-9-13-5-1-2-6-14(13)10-15/h1-2,5-6,12,15H,3-4,7-11H2,(H,18,19). The zero-order valence-corrected chi connectivity index (χ0v) is 11.2. The maximum Gasteiger partial charge on any atom is 0.303 e. The second-order valence-electron chi connectivity index (χ2n) is 5.93. The number of carboxylic acid groups (broad SMARTS) is 1. The van der Waals surface area contributed by atoms with Gasteiger partial charge < -0.3 is 5.11 Å². The molecule has 1 N–H and O–H groups in total. The topological polar surface area (TPSA) is 40.5 Å². The number of nitrogens with zero attached hydrogens (tertiary/aromatic N) is 1. The van der Waals surface area contributed by atoms with Gasteiger partial charge in [-0.05, 0) is 49.3 Å². The second-order valence-corrected chi connectivity index (χ2v) is 5.93. The van der Waals surface area contributed by atoms with Crippen LogP contribution in [0.3, 0.4) is 0 Å². The minimum Gasteiger partial charge on any atom is -0.481 e. The van der Waals surface area contributed by atoms with Crippen LogP contribution >= 0.6 is 0 Å². The van der Waals surface area contributed by atoms with Crippen molar-refractivity contribution in [2.45, 2.75) is 38.1 Å². The zero-order chi connectivity index (χ0) is 13.2. The van der Waals surface area contributed by atoms with Crippen LogP contribution in [-0.2, 0) is 17.6 Å². The summed E-state index contributed by atoms with van der Waals surface area (Å²) in [6.07, 6.45) is 4.81. The lowest BCUT2D eigenvalue weighted by Crippen LogP contribution is -2.43. The summed E-state index contributed by atoms with van der Waals surface area (Å²) < 4.78 is 0. The Hall–Kier alpha value is -1.35. The summed E-state index contributed by atoms with van der Waals surface area (Å²) in [4.78, 5) is 13.4. The van der Waals surface area contributed by atoms with E-state index in [-0.39, 0.29) is 0 Å². The molecule has 19 heavy (non-hydrogen) atoms. The third kappa shape index (κ3) is 2.81. The van der Waals surface area contributed by atoms with Gasteiger partial charge in [0.2, 0.25) is 0 Å². The number of rotatable bonds is 3. The van der Waals surface area contributed by atoms with Gasteiger partial charge in [0, 0.05) is 19.0 Å². The number of carboxylic acids is 1. The van der Waals surface area contributed by atoms with Gasteiger partial charge in [-0.2, -0.15) is 0 Å². The molecule has 1 unspecified atom stereocenters. The molecule has 1 aliphatic carbocycles. The average molecular weight is 259 g/mol. The Bertz CT molecular complexity index is 447. The van der Waals surface area contributed by atoms with Crippen LogP contribution in [0.2, 0.25) is 0 Å². The predicted octanol–water partition coefficient (Wildman–Crippen LogP) is 2.34. The van der Waals surface area contributed by atoms with Crippen LogP contribution < -0.4 is 0 Å². The van der Waals surface area contributed by atoms with Crippen LogP contribution in [0.1, 0.15) is 30.4 Å². The van der Waals surface area contributed by atoms with Gasteiger partial charge in [-0.1, -0.05) is 24.3 Å². The monoisotopic (exact) mass is 259 g/mol. The van der Waals surface area contributed by atoms with E-state index in [4.69, 9.17) is 5.11 Å². The van der Waals surface area contributed by atoms with Gasteiger partial charge in [0.05, 0.1) is 0 Å². The highest BCUT2D eigenvalue weighted by atomic mass is 16.4. The molecule has 0 bridgehead atoms. The molecule has 1 heterocycles. The average Bonchev–Trinajstić information content (AvgIpc) is 2.82. The fourth-order valence-electron chi connectivity index (χ4n) is 3.64. The summed E-state index contributed by atoms with van der Waals surface area (Å²) in [5, 5.41) is 8.94. The van der Waals surface area contributed by atoms with Gasteiger partial charge in [-0.3, -0.25) is 9.69 Å². The summed E-state index contributed by atoms with van der Waals surface area (Å²) in [7, 11) is 0. The molecule has 1 fully saturated rings. The Balaban J connectivity index is 1.63. The summed E-state index contributed by atoms with van der Waals surface area (Å²) in [6, 6.07) is 9.28. The summed E-state index contributed by atoms with van der Waals surface area (Å²) in [6.45, 7) is 2.10. The van der Waals surface area contributed by atoms with E-state index in [0.29, 0.717) is 18.4 Å². The van der Waals surface area contributed by atoms with Crippen molar-refractivity contribution in [2.24, 2.45) is 5.92 Å². The Morgan fingerprint density at radius 2 is 1.95 bits per heavy atom. The van der Waals surface area contributed by atoms with Crippen molar-refractivity contribution in [2.75, 3.05) is 13.1 Å². The van der Waals surface area contributed by atoms with Crippen molar-refractivity contribution in [3.05, 3.63) is 35.4 Å². The molecular formula is C16H21NO2. The third-order valence-electron chi connectivity index (χ3n) is 4.56. The van der Waals surface area contributed by atoms with Gasteiger partial charge in [-0.25, -0.2) is 0 Å². The number of hydrogen-bond donors (Lipinski definition) is 1. The van der Waals surface area contributed by atoms with Crippen LogP contribution in [0.15, 0.2) is 24.3 Å². The normalized spacial score (nSPS) is 24.3. The maximum atomic E-state index is 10.9. The Morgan fingerprint density at radius 3 is 2.58 bits per heavy atom. The highest BCUT2D eigenvalue weighted by Gasteiger charge is 2.30. The minimum atomic E-state index is -0.651. The van der Waals surface area contributed by atoms with E-state index in [1.54, 1.807) is 0 Å². The highest BCUT2D eigenvalue weighted by molar-refractivity contribution is 5.67. The molecule has 0 amide bonds. The molecule has 0 radical (unpaired) electrons. The van der Waals surface area contributed by atoms with Gasteiger partial charge in [0.1, 0.15) is 0 Å². The second kappa shape index (κ2) is 5.33. The first-order valence-electron chi connectivity index (χ1n) is 7.25. The number of piperidine rings is 1. The van der Waals surface area contributed by atoms with Crippen LogP contribution in [0, 0.1) is 5.92 Å². The van der Waals surface area contributed by atoms with E-state index in [0.717, 1.165) is 38.8 Å². The van der Waals surface area contributed by atoms with E-state index < -0.39 is 5.97 Å². The largest absolute Gasteiger partial charge is 0.481 e. The quantitative estimate of drug-likeness (QED) is 0.905. The number of aliphatic carboxylic acids is 1. The number of carbonyl (C=O) groups is 1. The van der Waals surface area contributed by atoms with E-state index in [1.165, 1.54) is 11.1 Å². The molecule has 102 valence electrons. The first-order valence-corrected chi connectivity index (χ1v) is 7.25. The summed E-state index contributed by atoms with van der Waals surface area (Å²) in [5.41, 5.74) is 2.96. The first kappa shape index (κ1) is 12.7. The Kier molecular flexibility index (Phi) is 3.56. The molecule has 1 aromatic carbocycles. The Morgan fingerprint density at radius 1 is 1.26 bits per heavy atom. The van der Waals surface area contributed by atoms with Crippen molar-refractivity contribution >= 4 is 5.97 Å². The van der Waals surface area contributed by atoms with Crippen LogP contribution in [0.4, 0.5) is 0 Å². The van der Waals surface area contributed by atoms with Crippen molar-refractivity contribution in [1.82, 2.24) is 4.90 Å². The number of likely N-dealkylation sites (tertiary alicyclic amines) is 1. The lowest BCUT2D eigenvalue weighted by atomic mass is 9.93. The first-order chi connectivity index (χ1) is 9.22. The van der Waals surface area contributed by atoms with E-state index >= 15 is 0 Å². The van der Waals surface area contributed by atoms with E-state index in [2.05, 4.69) is 29.2 Å². The van der Waals surface area contributed by atoms with Crippen LogP contribution in [0.25, 0.3) is 0 Å². The van der Waals surface area contributed by atoms with Gasteiger partial charge in [0.25, 0.3) is 0 Å². The highest BCUT2D eigenvalue weighted by Crippen LogP contribution is 2.29. The molecule has 1 aliphatic heterocycles.